The minimum absolute atomic E-state index is 0.0623. The molecule has 0 unspecified atom stereocenters. The number of hydrogen-bond donors (Lipinski definition) is 2. The van der Waals surface area contributed by atoms with E-state index in [2.05, 4.69) is 10.6 Å². The largest absolute Gasteiger partial charge is 0.385 e. The van der Waals surface area contributed by atoms with Crippen LogP contribution in [0.15, 0.2) is 60.7 Å². The lowest BCUT2D eigenvalue weighted by atomic mass is 10.2. The molecule has 0 fully saturated rings. The fraction of sp³-hybridized carbons (Fsp3) is 0.188. The van der Waals surface area contributed by atoms with Crippen LogP contribution in [0.5, 0.6) is 0 Å². The molecule has 0 radical (unpaired) electrons. The molecule has 2 rings (SSSR count). The molecule has 98 valence electrons. The number of hydrogen-bond acceptors (Lipinski definition) is 2. The lowest BCUT2D eigenvalue weighted by Crippen LogP contribution is -2.24. The molecule has 19 heavy (non-hydrogen) atoms. The van der Waals surface area contributed by atoms with E-state index < -0.39 is 0 Å². The highest BCUT2D eigenvalue weighted by Crippen LogP contribution is 2.04. The molecule has 2 aromatic rings. The Labute approximate surface area is 113 Å². The summed E-state index contributed by atoms with van der Waals surface area (Å²) in [4.78, 5) is 11.7. The number of carbonyl (C=O) groups is 1. The molecule has 2 N–H and O–H groups in total. The van der Waals surface area contributed by atoms with E-state index in [0.29, 0.717) is 19.5 Å². The van der Waals surface area contributed by atoms with Crippen molar-refractivity contribution >= 4 is 11.6 Å². The van der Waals surface area contributed by atoms with Crippen molar-refractivity contribution in [2.75, 3.05) is 11.9 Å². The van der Waals surface area contributed by atoms with Crippen LogP contribution in [0.4, 0.5) is 5.69 Å². The number of carbonyl (C=O) groups excluding carboxylic acids is 1. The predicted molar refractivity (Wildman–Crippen MR) is 77.8 cm³/mol. The Hall–Kier alpha value is -2.29. The average molecular weight is 254 g/mol. The first-order valence-corrected chi connectivity index (χ1v) is 6.44. The molecule has 0 saturated heterocycles. The van der Waals surface area contributed by atoms with Crippen LogP contribution in [0.2, 0.25) is 0 Å². The standard InChI is InChI=1S/C16H18N2O/c19-16(18-13-14-7-3-1-4-8-14)11-12-17-15-9-5-2-6-10-15/h1-10,17H,11-13H2,(H,18,19). The van der Waals surface area contributed by atoms with Gasteiger partial charge in [0.15, 0.2) is 0 Å². The van der Waals surface area contributed by atoms with Crippen LogP contribution >= 0.6 is 0 Å². The van der Waals surface area contributed by atoms with Crippen LogP contribution in [0.3, 0.4) is 0 Å². The van der Waals surface area contributed by atoms with Gasteiger partial charge in [0.25, 0.3) is 0 Å². The summed E-state index contributed by atoms with van der Waals surface area (Å²) in [5, 5.41) is 6.12. The van der Waals surface area contributed by atoms with Gasteiger partial charge >= 0.3 is 0 Å². The zero-order chi connectivity index (χ0) is 13.3. The van der Waals surface area contributed by atoms with Gasteiger partial charge in [0.1, 0.15) is 0 Å². The van der Waals surface area contributed by atoms with Gasteiger partial charge < -0.3 is 10.6 Å². The Morgan fingerprint density at radius 3 is 2.21 bits per heavy atom. The Balaban J connectivity index is 1.65. The molecular weight excluding hydrogens is 236 g/mol. The third kappa shape index (κ3) is 4.84. The lowest BCUT2D eigenvalue weighted by molar-refractivity contribution is -0.121. The van der Waals surface area contributed by atoms with Crippen LogP contribution < -0.4 is 10.6 Å². The topological polar surface area (TPSA) is 41.1 Å². The van der Waals surface area contributed by atoms with Crippen molar-refractivity contribution in [1.29, 1.82) is 0 Å². The minimum atomic E-state index is 0.0623. The maximum Gasteiger partial charge on any atom is 0.222 e. The Bertz CT molecular complexity index is 497. The Kier molecular flexibility index (Phi) is 4.99. The molecule has 2 aromatic carbocycles. The van der Waals surface area contributed by atoms with Crippen molar-refractivity contribution in [1.82, 2.24) is 5.32 Å². The lowest BCUT2D eigenvalue weighted by Gasteiger charge is -2.07. The smallest absolute Gasteiger partial charge is 0.222 e. The van der Waals surface area contributed by atoms with E-state index in [1.807, 2.05) is 60.7 Å². The number of nitrogens with one attached hydrogen (secondary N) is 2. The van der Waals surface area contributed by atoms with Crippen molar-refractivity contribution in [2.24, 2.45) is 0 Å². The number of benzene rings is 2. The highest BCUT2D eigenvalue weighted by molar-refractivity contribution is 5.76. The van der Waals surface area contributed by atoms with Gasteiger partial charge in [-0.1, -0.05) is 48.5 Å². The highest BCUT2D eigenvalue weighted by atomic mass is 16.1. The Morgan fingerprint density at radius 1 is 0.895 bits per heavy atom. The van der Waals surface area contributed by atoms with E-state index >= 15 is 0 Å². The van der Waals surface area contributed by atoms with Gasteiger partial charge in [0.2, 0.25) is 5.91 Å². The predicted octanol–water partition coefficient (Wildman–Crippen LogP) is 2.81. The van der Waals surface area contributed by atoms with Crippen molar-refractivity contribution in [3.05, 3.63) is 66.2 Å². The summed E-state index contributed by atoms with van der Waals surface area (Å²) in [6.45, 7) is 1.23. The molecule has 0 atom stereocenters. The summed E-state index contributed by atoms with van der Waals surface area (Å²) in [6, 6.07) is 19.8. The fourth-order valence-electron chi connectivity index (χ4n) is 1.76. The van der Waals surface area contributed by atoms with E-state index in [-0.39, 0.29) is 5.91 Å². The number of rotatable bonds is 6. The maximum atomic E-state index is 11.7. The molecule has 0 aliphatic rings. The molecular formula is C16H18N2O. The summed E-state index contributed by atoms with van der Waals surface area (Å²) in [6.07, 6.45) is 0.474. The second-order valence-corrected chi connectivity index (χ2v) is 4.31. The van der Waals surface area contributed by atoms with Crippen LogP contribution in [0.25, 0.3) is 0 Å². The zero-order valence-electron chi connectivity index (χ0n) is 10.8. The van der Waals surface area contributed by atoms with Crippen molar-refractivity contribution in [2.45, 2.75) is 13.0 Å². The molecule has 0 saturated carbocycles. The van der Waals surface area contributed by atoms with Gasteiger partial charge in [-0.2, -0.15) is 0 Å². The average Bonchev–Trinajstić information content (AvgIpc) is 2.47. The third-order valence-electron chi connectivity index (χ3n) is 2.79. The number of para-hydroxylation sites is 1. The second-order valence-electron chi connectivity index (χ2n) is 4.31. The van der Waals surface area contributed by atoms with Gasteiger partial charge in [-0.05, 0) is 17.7 Å². The van der Waals surface area contributed by atoms with Crippen LogP contribution in [-0.4, -0.2) is 12.5 Å². The third-order valence-corrected chi connectivity index (χ3v) is 2.79. The van der Waals surface area contributed by atoms with Crippen molar-refractivity contribution < 1.29 is 4.79 Å². The first-order valence-electron chi connectivity index (χ1n) is 6.44. The summed E-state index contributed by atoms with van der Waals surface area (Å²) in [5.74, 6) is 0.0623. The summed E-state index contributed by atoms with van der Waals surface area (Å²) in [7, 11) is 0. The van der Waals surface area contributed by atoms with Crippen LogP contribution in [-0.2, 0) is 11.3 Å². The normalized spacial score (nSPS) is 9.89. The van der Waals surface area contributed by atoms with Gasteiger partial charge in [-0.25, -0.2) is 0 Å². The zero-order valence-corrected chi connectivity index (χ0v) is 10.8. The van der Waals surface area contributed by atoms with Gasteiger partial charge in [-0.15, -0.1) is 0 Å². The van der Waals surface area contributed by atoms with E-state index in [1.54, 1.807) is 0 Å². The Morgan fingerprint density at radius 2 is 1.53 bits per heavy atom. The molecule has 0 aliphatic carbocycles. The van der Waals surface area contributed by atoms with Gasteiger partial charge in [0.05, 0.1) is 0 Å². The maximum absolute atomic E-state index is 11.7. The summed E-state index contributed by atoms with van der Waals surface area (Å²) >= 11 is 0. The SMILES string of the molecule is O=C(CCNc1ccccc1)NCc1ccccc1. The summed E-state index contributed by atoms with van der Waals surface area (Å²) in [5.41, 5.74) is 2.16. The molecule has 3 nitrogen and oxygen atoms in total. The van der Waals surface area contributed by atoms with Crippen LogP contribution in [0, 0.1) is 0 Å². The number of anilines is 1. The van der Waals surface area contributed by atoms with Gasteiger partial charge in [0, 0.05) is 25.2 Å². The molecule has 0 heterocycles. The van der Waals surface area contributed by atoms with E-state index in [0.717, 1.165) is 11.3 Å². The van der Waals surface area contributed by atoms with E-state index in [9.17, 15) is 4.79 Å². The quantitative estimate of drug-likeness (QED) is 0.832. The first kappa shape index (κ1) is 13.1. The monoisotopic (exact) mass is 254 g/mol. The molecule has 0 spiro atoms. The van der Waals surface area contributed by atoms with Crippen molar-refractivity contribution in [3.63, 3.8) is 0 Å². The second kappa shape index (κ2) is 7.21. The highest BCUT2D eigenvalue weighted by Gasteiger charge is 2.00. The minimum Gasteiger partial charge on any atom is -0.385 e. The molecule has 0 aromatic heterocycles. The van der Waals surface area contributed by atoms with E-state index in [1.165, 1.54) is 0 Å². The molecule has 1 amide bonds. The number of amides is 1. The summed E-state index contributed by atoms with van der Waals surface area (Å²) < 4.78 is 0. The van der Waals surface area contributed by atoms with Gasteiger partial charge in [-0.3, -0.25) is 4.79 Å². The van der Waals surface area contributed by atoms with Crippen LogP contribution in [0.1, 0.15) is 12.0 Å². The van der Waals surface area contributed by atoms with E-state index in [4.69, 9.17) is 0 Å². The fourth-order valence-corrected chi connectivity index (χ4v) is 1.76. The van der Waals surface area contributed by atoms with Crippen molar-refractivity contribution in [3.8, 4) is 0 Å². The first-order chi connectivity index (χ1) is 9.34. The molecule has 0 aliphatic heterocycles. The molecule has 0 bridgehead atoms. The molecule has 3 heteroatoms.